The summed E-state index contributed by atoms with van der Waals surface area (Å²) in [5.74, 6) is 4.15. The Balaban J connectivity index is 0.000000352. The highest BCUT2D eigenvalue weighted by Gasteiger charge is 2.16. The van der Waals surface area contributed by atoms with Crippen molar-refractivity contribution in [1.82, 2.24) is 0 Å². The summed E-state index contributed by atoms with van der Waals surface area (Å²) in [5.41, 5.74) is 3.54. The minimum atomic E-state index is -3.51. The molecule has 8 heteroatoms. The Morgan fingerprint density at radius 2 is 1.00 bits per heavy atom. The van der Waals surface area contributed by atoms with E-state index in [1.807, 2.05) is 19.1 Å². The average molecular weight is 545 g/mol. The molecule has 0 saturated heterocycles. The molecule has 3 aromatic carbocycles. The van der Waals surface area contributed by atoms with Crippen LogP contribution < -0.4 is 18.9 Å². The largest absolute Gasteiger partial charge is 0.493 e. The number of hydrogen-bond acceptors (Lipinski definition) is 7. The van der Waals surface area contributed by atoms with Crippen molar-refractivity contribution in [3.63, 3.8) is 0 Å². The molecule has 0 aromatic heterocycles. The molecule has 208 valence electrons. The molecule has 3 rings (SSSR count). The fourth-order valence-corrected chi connectivity index (χ4v) is 4.62. The first kappa shape index (κ1) is 31.0. The zero-order valence-corrected chi connectivity index (χ0v) is 24.4. The van der Waals surface area contributed by atoms with E-state index in [1.54, 1.807) is 40.6 Å². The summed E-state index contributed by atoms with van der Waals surface area (Å²) in [4.78, 5) is 0.190. The zero-order valence-electron chi connectivity index (χ0n) is 23.6. The van der Waals surface area contributed by atoms with Crippen molar-refractivity contribution in [2.24, 2.45) is 11.8 Å². The molecule has 0 fully saturated rings. The molecule has 7 nitrogen and oxygen atoms in total. The fraction of sp³-hybridized carbons (Fsp3) is 0.400. The number of ether oxygens (including phenoxy) is 4. The summed E-state index contributed by atoms with van der Waals surface area (Å²) in [7, 11) is 4.29. The summed E-state index contributed by atoms with van der Waals surface area (Å²) in [5, 5.41) is 0. The first-order valence-electron chi connectivity index (χ1n) is 12.4. The summed E-state index contributed by atoms with van der Waals surface area (Å²) in [6, 6.07) is 18.8. The smallest absolute Gasteiger partial charge is 0.296 e. The van der Waals surface area contributed by atoms with Crippen molar-refractivity contribution in [2.45, 2.75) is 38.5 Å². The predicted molar refractivity (Wildman–Crippen MR) is 150 cm³/mol. The monoisotopic (exact) mass is 544 g/mol. The van der Waals surface area contributed by atoms with E-state index in [1.165, 1.54) is 23.3 Å². The van der Waals surface area contributed by atoms with Crippen LogP contribution in [-0.4, -0.2) is 44.0 Å². The number of methoxy groups -OCH3 is 4. The first-order chi connectivity index (χ1) is 18.1. The van der Waals surface area contributed by atoms with Gasteiger partial charge in [0.15, 0.2) is 23.0 Å². The second-order valence-corrected chi connectivity index (χ2v) is 10.9. The molecule has 0 aliphatic carbocycles. The summed E-state index contributed by atoms with van der Waals surface area (Å²) in [6.45, 7) is 6.48. The molecule has 0 heterocycles. The summed E-state index contributed by atoms with van der Waals surface area (Å²) < 4.78 is 48.0. The van der Waals surface area contributed by atoms with Crippen molar-refractivity contribution in [3.05, 3.63) is 77.4 Å². The lowest BCUT2D eigenvalue weighted by molar-refractivity contribution is 0.350. The second-order valence-electron chi connectivity index (χ2n) is 9.18. The van der Waals surface area contributed by atoms with Gasteiger partial charge >= 0.3 is 0 Å². The highest BCUT2D eigenvalue weighted by Crippen LogP contribution is 2.32. The third-order valence-corrected chi connectivity index (χ3v) is 7.80. The van der Waals surface area contributed by atoms with Gasteiger partial charge in [-0.3, -0.25) is 4.18 Å². The lowest BCUT2D eigenvalue weighted by Gasteiger charge is -2.21. The number of rotatable bonds is 11. The summed E-state index contributed by atoms with van der Waals surface area (Å²) in [6.07, 6.45) is 1.99. The number of aryl methyl sites for hydroxylation is 1. The van der Waals surface area contributed by atoms with Gasteiger partial charge in [-0.05, 0) is 79.1 Å². The minimum Gasteiger partial charge on any atom is -0.493 e. The van der Waals surface area contributed by atoms with Gasteiger partial charge in [0.1, 0.15) is 0 Å². The SMILES string of the molecule is COS(=O)(=O)c1ccc(C)cc1.COc1ccc(C[C@@H](C)[C@@H](C)Cc2ccc(OC)c(OC)c2)cc1OC. The Labute approximate surface area is 227 Å². The molecule has 0 radical (unpaired) electrons. The molecule has 0 aliphatic heterocycles. The molecule has 0 bridgehead atoms. The molecule has 0 saturated carbocycles. The molecule has 0 aliphatic rings. The van der Waals surface area contributed by atoms with Crippen molar-refractivity contribution < 1.29 is 31.5 Å². The van der Waals surface area contributed by atoms with E-state index in [9.17, 15) is 8.42 Å². The molecule has 38 heavy (non-hydrogen) atoms. The topological polar surface area (TPSA) is 80.3 Å². The highest BCUT2D eigenvalue weighted by molar-refractivity contribution is 7.86. The van der Waals surface area contributed by atoms with Gasteiger partial charge in [-0.1, -0.05) is 43.7 Å². The van der Waals surface area contributed by atoms with Crippen LogP contribution in [0.1, 0.15) is 30.5 Å². The van der Waals surface area contributed by atoms with E-state index in [0.717, 1.165) is 48.5 Å². The maximum Gasteiger partial charge on any atom is 0.296 e. The van der Waals surface area contributed by atoms with Crippen molar-refractivity contribution in [3.8, 4) is 23.0 Å². The molecule has 2 atom stereocenters. The maximum absolute atomic E-state index is 11.1. The highest BCUT2D eigenvalue weighted by atomic mass is 32.2. The lowest BCUT2D eigenvalue weighted by Crippen LogP contribution is -2.14. The van der Waals surface area contributed by atoms with Crippen LogP contribution in [0.15, 0.2) is 65.6 Å². The molecule has 0 spiro atoms. The third kappa shape index (κ3) is 8.67. The molecular weight excluding hydrogens is 504 g/mol. The van der Waals surface area contributed by atoms with Gasteiger partial charge in [0.2, 0.25) is 0 Å². The fourth-order valence-electron chi connectivity index (χ4n) is 3.96. The van der Waals surface area contributed by atoms with Crippen LogP contribution in [0.5, 0.6) is 23.0 Å². The van der Waals surface area contributed by atoms with Crippen molar-refractivity contribution >= 4 is 10.1 Å². The van der Waals surface area contributed by atoms with Crippen molar-refractivity contribution in [1.29, 1.82) is 0 Å². The van der Waals surface area contributed by atoms with E-state index in [0.29, 0.717) is 11.8 Å². The van der Waals surface area contributed by atoms with Crippen LogP contribution in [0.2, 0.25) is 0 Å². The summed E-state index contributed by atoms with van der Waals surface area (Å²) >= 11 is 0. The molecule has 3 aromatic rings. The Kier molecular flexibility index (Phi) is 11.9. The van der Waals surface area contributed by atoms with Gasteiger partial charge in [-0.15, -0.1) is 0 Å². The van der Waals surface area contributed by atoms with Gasteiger partial charge < -0.3 is 18.9 Å². The normalized spacial score (nSPS) is 12.5. The van der Waals surface area contributed by atoms with Crippen LogP contribution in [0.3, 0.4) is 0 Å². The van der Waals surface area contributed by atoms with E-state index in [2.05, 4.69) is 42.3 Å². The third-order valence-electron chi connectivity index (χ3n) is 6.51. The second kappa shape index (κ2) is 14.6. The van der Waals surface area contributed by atoms with Gasteiger partial charge in [0, 0.05) is 0 Å². The van der Waals surface area contributed by atoms with E-state index in [4.69, 9.17) is 18.9 Å². The van der Waals surface area contributed by atoms with Crippen molar-refractivity contribution in [2.75, 3.05) is 35.5 Å². The predicted octanol–water partition coefficient (Wildman–Crippen LogP) is 6.11. The Bertz CT molecular complexity index is 1190. The van der Waals surface area contributed by atoms with Crippen LogP contribution >= 0.6 is 0 Å². The molecule has 0 amide bonds. The van der Waals surface area contributed by atoms with Crippen LogP contribution in [0.4, 0.5) is 0 Å². The standard InChI is InChI=1S/C22H30O4.C8H10O3S/c1-15(11-17-7-9-19(23-3)21(13-17)25-5)16(2)12-18-8-10-20(24-4)22(14-18)26-6;1-7-3-5-8(6-4-7)12(9,10)11-2/h7-10,13-16H,11-12H2,1-6H3;3-6H,1-2H3/t15-,16+;. The van der Waals surface area contributed by atoms with E-state index < -0.39 is 10.1 Å². The van der Waals surface area contributed by atoms with Gasteiger partial charge in [-0.25, -0.2) is 0 Å². The Morgan fingerprint density at radius 1 is 0.605 bits per heavy atom. The van der Waals surface area contributed by atoms with Gasteiger partial charge in [-0.2, -0.15) is 8.42 Å². The Morgan fingerprint density at radius 3 is 1.34 bits per heavy atom. The Hall–Kier alpha value is -3.23. The van der Waals surface area contributed by atoms with Crippen LogP contribution in [-0.2, 0) is 27.1 Å². The molecule has 0 unspecified atom stereocenters. The first-order valence-corrected chi connectivity index (χ1v) is 13.8. The minimum absolute atomic E-state index is 0.190. The quantitative estimate of drug-likeness (QED) is 0.270. The number of benzene rings is 3. The molecular formula is C30H40O7S. The van der Waals surface area contributed by atoms with E-state index >= 15 is 0 Å². The molecule has 0 N–H and O–H groups in total. The van der Waals surface area contributed by atoms with E-state index in [-0.39, 0.29) is 4.90 Å². The van der Waals surface area contributed by atoms with Gasteiger partial charge in [0.05, 0.1) is 40.4 Å². The number of hydrogen-bond donors (Lipinski definition) is 0. The maximum atomic E-state index is 11.1. The van der Waals surface area contributed by atoms with Crippen LogP contribution in [0.25, 0.3) is 0 Å². The zero-order chi connectivity index (χ0) is 28.3. The average Bonchev–Trinajstić information content (AvgIpc) is 2.93. The lowest BCUT2D eigenvalue weighted by atomic mass is 9.85. The van der Waals surface area contributed by atoms with Gasteiger partial charge in [0.25, 0.3) is 10.1 Å². The van der Waals surface area contributed by atoms with Crippen LogP contribution in [0, 0.1) is 18.8 Å².